The lowest BCUT2D eigenvalue weighted by Crippen LogP contribution is -2.39. The molecule has 1 fully saturated rings. The van der Waals surface area contributed by atoms with Gasteiger partial charge in [0, 0.05) is 24.7 Å². The van der Waals surface area contributed by atoms with Gasteiger partial charge in [0.1, 0.15) is 11.0 Å². The quantitative estimate of drug-likeness (QED) is 0.919. The molecule has 1 saturated heterocycles. The van der Waals surface area contributed by atoms with Crippen LogP contribution < -0.4 is 0 Å². The predicted octanol–water partition coefficient (Wildman–Crippen LogP) is 1.60. The fourth-order valence-corrected chi connectivity index (χ4v) is 4.15. The molecule has 0 spiro atoms. The molecule has 0 radical (unpaired) electrons. The Kier molecular flexibility index (Phi) is 4.66. The van der Waals surface area contributed by atoms with Crippen LogP contribution >= 0.6 is 11.6 Å². The highest BCUT2D eigenvalue weighted by Crippen LogP contribution is 2.27. The molecule has 0 unspecified atom stereocenters. The van der Waals surface area contributed by atoms with Gasteiger partial charge in [-0.05, 0) is 37.0 Å². The Hall–Kier alpha value is -1.13. The zero-order valence-corrected chi connectivity index (χ0v) is 12.4. The smallest absolute Gasteiger partial charge is 0.244 e. The van der Waals surface area contributed by atoms with E-state index in [0.717, 1.165) is 0 Å². The highest BCUT2D eigenvalue weighted by molar-refractivity contribution is 7.89. The van der Waals surface area contributed by atoms with Gasteiger partial charge in [-0.2, -0.15) is 9.57 Å². The Bertz CT molecular complexity index is 632. The number of piperidine rings is 1. The van der Waals surface area contributed by atoms with Gasteiger partial charge in [0.15, 0.2) is 0 Å². The summed E-state index contributed by atoms with van der Waals surface area (Å²) < 4.78 is 26.5. The van der Waals surface area contributed by atoms with Gasteiger partial charge in [-0.3, -0.25) is 0 Å². The molecule has 1 aromatic rings. The van der Waals surface area contributed by atoms with Crippen molar-refractivity contribution >= 4 is 21.6 Å². The van der Waals surface area contributed by atoms with E-state index >= 15 is 0 Å². The molecule has 0 aromatic heterocycles. The third-order valence-corrected chi connectivity index (χ3v) is 5.69. The number of aliphatic hydroxyl groups is 1. The lowest BCUT2D eigenvalue weighted by Gasteiger charge is -2.30. The lowest BCUT2D eigenvalue weighted by atomic mass is 10.00. The molecule has 1 aliphatic heterocycles. The van der Waals surface area contributed by atoms with E-state index in [9.17, 15) is 8.42 Å². The van der Waals surface area contributed by atoms with E-state index in [-0.39, 0.29) is 28.0 Å². The van der Waals surface area contributed by atoms with Gasteiger partial charge in [-0.15, -0.1) is 0 Å². The van der Waals surface area contributed by atoms with E-state index in [0.29, 0.717) is 25.9 Å². The zero-order chi connectivity index (χ0) is 14.8. The van der Waals surface area contributed by atoms with Gasteiger partial charge in [-0.1, -0.05) is 11.6 Å². The molecule has 0 aliphatic carbocycles. The summed E-state index contributed by atoms with van der Waals surface area (Å²) in [5.41, 5.74) is 0.0960. The van der Waals surface area contributed by atoms with Crippen molar-refractivity contribution in [1.29, 1.82) is 5.26 Å². The second-order valence-electron chi connectivity index (χ2n) is 4.78. The van der Waals surface area contributed by atoms with Crippen LogP contribution in [0, 0.1) is 17.2 Å². The third-order valence-electron chi connectivity index (χ3n) is 3.51. The van der Waals surface area contributed by atoms with E-state index in [1.807, 2.05) is 6.07 Å². The van der Waals surface area contributed by atoms with E-state index in [2.05, 4.69) is 0 Å². The summed E-state index contributed by atoms with van der Waals surface area (Å²) in [5, 5.41) is 18.4. The van der Waals surface area contributed by atoms with Gasteiger partial charge in [-0.25, -0.2) is 8.42 Å². The minimum absolute atomic E-state index is 0.0463. The maximum Gasteiger partial charge on any atom is 0.244 e. The monoisotopic (exact) mass is 314 g/mol. The Labute approximate surface area is 123 Å². The first-order chi connectivity index (χ1) is 9.48. The summed E-state index contributed by atoms with van der Waals surface area (Å²) in [5.74, 6) is 0.149. The summed E-state index contributed by atoms with van der Waals surface area (Å²) >= 11 is 5.84. The van der Waals surface area contributed by atoms with Gasteiger partial charge < -0.3 is 5.11 Å². The van der Waals surface area contributed by atoms with Crippen LogP contribution in [0.3, 0.4) is 0 Å². The highest BCUT2D eigenvalue weighted by Gasteiger charge is 2.31. The van der Waals surface area contributed by atoms with Crippen molar-refractivity contribution in [3.05, 3.63) is 28.8 Å². The molecule has 0 bridgehead atoms. The predicted molar refractivity (Wildman–Crippen MR) is 74.7 cm³/mol. The van der Waals surface area contributed by atoms with Crippen molar-refractivity contribution < 1.29 is 13.5 Å². The molecular formula is C13H15ClN2O3S. The molecule has 1 heterocycles. The van der Waals surface area contributed by atoms with Crippen molar-refractivity contribution in [1.82, 2.24) is 4.31 Å². The number of rotatable bonds is 3. The normalized spacial score (nSPS) is 17.9. The number of halogens is 1. The summed E-state index contributed by atoms with van der Waals surface area (Å²) in [7, 11) is -3.71. The summed E-state index contributed by atoms with van der Waals surface area (Å²) in [6, 6.07) is 6.11. The second-order valence-corrected chi connectivity index (χ2v) is 7.13. The summed E-state index contributed by atoms with van der Waals surface area (Å²) in [6.45, 7) is 0.782. The number of hydrogen-bond donors (Lipinski definition) is 1. The van der Waals surface area contributed by atoms with Crippen LogP contribution in [0.2, 0.25) is 5.02 Å². The van der Waals surface area contributed by atoms with Crippen LogP contribution in [0.15, 0.2) is 23.1 Å². The number of benzene rings is 1. The standard InChI is InChI=1S/C13H15ClN2O3S/c14-12-2-1-11(8-15)13(7-12)20(18,19)16-5-3-10(9-17)4-6-16/h1-2,7,10,17H,3-6,9H2. The van der Waals surface area contributed by atoms with Gasteiger partial charge in [0.2, 0.25) is 10.0 Å². The van der Waals surface area contributed by atoms with Crippen molar-refractivity contribution in [2.24, 2.45) is 5.92 Å². The fourth-order valence-electron chi connectivity index (χ4n) is 2.27. The minimum Gasteiger partial charge on any atom is -0.396 e. The van der Waals surface area contributed by atoms with Crippen molar-refractivity contribution in [2.75, 3.05) is 19.7 Å². The average molecular weight is 315 g/mol. The molecule has 2 rings (SSSR count). The molecule has 0 saturated carbocycles. The third kappa shape index (κ3) is 2.96. The SMILES string of the molecule is N#Cc1ccc(Cl)cc1S(=O)(=O)N1CCC(CO)CC1. The zero-order valence-electron chi connectivity index (χ0n) is 10.8. The molecule has 7 heteroatoms. The molecule has 0 atom stereocenters. The lowest BCUT2D eigenvalue weighted by molar-refractivity contribution is 0.170. The number of hydrogen-bond acceptors (Lipinski definition) is 4. The van der Waals surface area contributed by atoms with Crippen molar-refractivity contribution in [3.63, 3.8) is 0 Å². The van der Waals surface area contributed by atoms with Crippen LogP contribution in [0.25, 0.3) is 0 Å². The molecular weight excluding hydrogens is 300 g/mol. The van der Waals surface area contributed by atoms with Crippen molar-refractivity contribution in [2.45, 2.75) is 17.7 Å². The molecule has 1 N–H and O–H groups in total. The Balaban J connectivity index is 2.32. The van der Waals surface area contributed by atoms with Crippen LogP contribution in [0.4, 0.5) is 0 Å². The van der Waals surface area contributed by atoms with E-state index in [4.69, 9.17) is 22.0 Å². The van der Waals surface area contributed by atoms with Crippen LogP contribution in [0.1, 0.15) is 18.4 Å². The Morgan fingerprint density at radius 1 is 1.40 bits per heavy atom. The first-order valence-corrected chi connectivity index (χ1v) is 8.11. The topological polar surface area (TPSA) is 81.4 Å². The molecule has 1 aromatic carbocycles. The maximum absolute atomic E-state index is 12.6. The number of sulfonamides is 1. The number of nitrogens with zero attached hydrogens (tertiary/aromatic N) is 2. The molecule has 0 amide bonds. The first kappa shape index (κ1) is 15.3. The fraction of sp³-hybridized carbons (Fsp3) is 0.462. The van der Waals surface area contributed by atoms with E-state index < -0.39 is 10.0 Å². The molecule has 1 aliphatic rings. The molecule has 20 heavy (non-hydrogen) atoms. The summed E-state index contributed by atoms with van der Waals surface area (Å²) in [4.78, 5) is -0.0463. The Morgan fingerprint density at radius 2 is 2.05 bits per heavy atom. The number of nitriles is 1. The van der Waals surface area contributed by atoms with Crippen LogP contribution in [-0.4, -0.2) is 37.5 Å². The average Bonchev–Trinajstić information content (AvgIpc) is 2.47. The van der Waals surface area contributed by atoms with Crippen LogP contribution in [0.5, 0.6) is 0 Å². The maximum atomic E-state index is 12.6. The van der Waals surface area contributed by atoms with Gasteiger partial charge >= 0.3 is 0 Å². The number of aliphatic hydroxyl groups excluding tert-OH is 1. The molecule has 108 valence electrons. The first-order valence-electron chi connectivity index (χ1n) is 6.29. The van der Waals surface area contributed by atoms with Crippen LogP contribution in [-0.2, 0) is 10.0 Å². The Morgan fingerprint density at radius 3 is 2.60 bits per heavy atom. The van der Waals surface area contributed by atoms with Crippen molar-refractivity contribution in [3.8, 4) is 6.07 Å². The largest absolute Gasteiger partial charge is 0.396 e. The van der Waals surface area contributed by atoms with E-state index in [1.165, 1.54) is 22.5 Å². The highest BCUT2D eigenvalue weighted by atomic mass is 35.5. The second kappa shape index (κ2) is 6.10. The minimum atomic E-state index is -3.71. The van der Waals surface area contributed by atoms with E-state index in [1.54, 1.807) is 0 Å². The van der Waals surface area contributed by atoms with Gasteiger partial charge in [0.05, 0.1) is 5.56 Å². The van der Waals surface area contributed by atoms with Gasteiger partial charge in [0.25, 0.3) is 0 Å². The molecule has 5 nitrogen and oxygen atoms in total. The summed E-state index contributed by atoms with van der Waals surface area (Å²) in [6.07, 6.45) is 1.25.